The van der Waals surface area contributed by atoms with Crippen molar-refractivity contribution in [3.8, 4) is 0 Å². The number of rotatable bonds is 2. The zero-order chi connectivity index (χ0) is 10.5. The van der Waals surface area contributed by atoms with Crippen molar-refractivity contribution in [1.82, 2.24) is 14.8 Å². The fourth-order valence-electron chi connectivity index (χ4n) is 2.32. The highest BCUT2D eigenvalue weighted by Gasteiger charge is 2.55. The number of carboxylic acid groups (broad SMARTS) is 1. The van der Waals surface area contributed by atoms with E-state index in [0.717, 1.165) is 31.6 Å². The maximum Gasteiger partial charge on any atom is 0.317 e. The molecule has 5 nitrogen and oxygen atoms in total. The van der Waals surface area contributed by atoms with Crippen LogP contribution in [0, 0.1) is 0 Å². The van der Waals surface area contributed by atoms with Crippen molar-refractivity contribution in [2.45, 2.75) is 44.1 Å². The van der Waals surface area contributed by atoms with Crippen molar-refractivity contribution in [2.75, 3.05) is 0 Å². The van der Waals surface area contributed by atoms with Crippen LogP contribution in [0.15, 0.2) is 0 Å². The number of aromatic nitrogens is 3. The molecule has 0 saturated heterocycles. The highest BCUT2D eigenvalue weighted by Crippen LogP contribution is 2.48. The summed E-state index contributed by atoms with van der Waals surface area (Å²) >= 11 is 0. The molecule has 0 spiro atoms. The van der Waals surface area contributed by atoms with E-state index in [1.165, 1.54) is 0 Å². The summed E-state index contributed by atoms with van der Waals surface area (Å²) in [5.41, 5.74) is -0.706. The van der Waals surface area contributed by atoms with Crippen molar-refractivity contribution in [2.24, 2.45) is 0 Å². The first kappa shape index (κ1) is 8.88. The van der Waals surface area contributed by atoms with E-state index in [9.17, 15) is 9.90 Å². The molecule has 1 N–H and O–H groups in total. The number of nitrogens with zero attached hydrogens (tertiary/aromatic N) is 3. The number of carboxylic acids is 1. The van der Waals surface area contributed by atoms with E-state index in [0.29, 0.717) is 18.7 Å². The van der Waals surface area contributed by atoms with Gasteiger partial charge in [-0.25, -0.2) is 0 Å². The summed E-state index contributed by atoms with van der Waals surface area (Å²) in [6.45, 7) is 0.882. The van der Waals surface area contributed by atoms with Crippen molar-refractivity contribution in [1.29, 1.82) is 0 Å². The first-order valence-corrected chi connectivity index (χ1v) is 5.40. The standard InChI is InChI=1S/C10H13N3O2/c14-9(15)10(4-5-10)8-12-11-7-3-1-2-6-13(7)8/h1-6H2,(H,14,15). The monoisotopic (exact) mass is 207 g/mol. The minimum atomic E-state index is -0.747. The van der Waals surface area contributed by atoms with Crippen LogP contribution < -0.4 is 0 Å². The third-order valence-corrected chi connectivity index (χ3v) is 3.45. The van der Waals surface area contributed by atoms with Gasteiger partial charge in [-0.15, -0.1) is 10.2 Å². The Balaban J connectivity index is 2.06. The summed E-state index contributed by atoms with van der Waals surface area (Å²) in [4.78, 5) is 11.2. The quantitative estimate of drug-likeness (QED) is 0.776. The second-order valence-corrected chi connectivity index (χ2v) is 4.44. The van der Waals surface area contributed by atoms with Crippen molar-refractivity contribution < 1.29 is 9.90 Å². The SMILES string of the molecule is O=C(O)C1(c2nnc3n2CCCC3)CC1. The van der Waals surface area contributed by atoms with Crippen LogP contribution in [-0.2, 0) is 23.2 Å². The Morgan fingerprint density at radius 3 is 2.80 bits per heavy atom. The average molecular weight is 207 g/mol. The number of carbonyl (C=O) groups is 1. The molecule has 15 heavy (non-hydrogen) atoms. The molecule has 1 fully saturated rings. The van der Waals surface area contributed by atoms with Crippen LogP contribution in [0.5, 0.6) is 0 Å². The van der Waals surface area contributed by atoms with Crippen LogP contribution in [0.4, 0.5) is 0 Å². The van der Waals surface area contributed by atoms with Gasteiger partial charge in [0.15, 0.2) is 5.82 Å². The maximum atomic E-state index is 11.2. The number of aliphatic carboxylic acids is 1. The molecular formula is C10H13N3O2. The van der Waals surface area contributed by atoms with E-state index in [4.69, 9.17) is 0 Å². The van der Waals surface area contributed by atoms with Gasteiger partial charge in [0, 0.05) is 13.0 Å². The normalized spacial score (nSPS) is 22.1. The molecule has 2 heterocycles. The molecule has 5 heteroatoms. The lowest BCUT2D eigenvalue weighted by atomic mass is 10.1. The zero-order valence-electron chi connectivity index (χ0n) is 8.44. The molecule has 1 aliphatic carbocycles. The highest BCUT2D eigenvalue weighted by atomic mass is 16.4. The lowest BCUT2D eigenvalue weighted by Gasteiger charge is -2.17. The summed E-state index contributed by atoms with van der Waals surface area (Å²) in [5.74, 6) is 0.900. The van der Waals surface area contributed by atoms with Gasteiger partial charge in [0.2, 0.25) is 0 Å². The summed E-state index contributed by atoms with van der Waals surface area (Å²) in [6.07, 6.45) is 4.59. The van der Waals surface area contributed by atoms with Crippen molar-refractivity contribution >= 4 is 5.97 Å². The second-order valence-electron chi connectivity index (χ2n) is 4.44. The summed E-state index contributed by atoms with van der Waals surface area (Å²) in [6, 6.07) is 0. The zero-order valence-corrected chi connectivity index (χ0v) is 8.44. The summed E-state index contributed by atoms with van der Waals surface area (Å²) in [5, 5.41) is 17.4. The van der Waals surface area contributed by atoms with Crippen LogP contribution in [0.25, 0.3) is 0 Å². The molecule has 1 saturated carbocycles. The second kappa shape index (κ2) is 2.81. The van der Waals surface area contributed by atoms with E-state index < -0.39 is 11.4 Å². The molecule has 0 bridgehead atoms. The molecule has 0 amide bonds. The molecule has 0 radical (unpaired) electrons. The van der Waals surface area contributed by atoms with Gasteiger partial charge in [-0.3, -0.25) is 4.79 Å². The Labute approximate surface area is 87.1 Å². The molecule has 1 aliphatic heterocycles. The molecule has 1 aromatic heterocycles. The average Bonchev–Trinajstić information content (AvgIpc) is 2.93. The highest BCUT2D eigenvalue weighted by molar-refractivity contribution is 5.83. The number of hydrogen-bond donors (Lipinski definition) is 1. The van der Waals surface area contributed by atoms with Gasteiger partial charge in [-0.05, 0) is 25.7 Å². The predicted molar refractivity (Wildman–Crippen MR) is 51.5 cm³/mol. The van der Waals surface area contributed by atoms with E-state index in [2.05, 4.69) is 10.2 Å². The van der Waals surface area contributed by atoms with E-state index in [1.54, 1.807) is 0 Å². The lowest BCUT2D eigenvalue weighted by molar-refractivity contribution is -0.140. The van der Waals surface area contributed by atoms with Crippen LogP contribution in [0.1, 0.15) is 37.3 Å². The van der Waals surface area contributed by atoms with E-state index in [1.807, 2.05) is 4.57 Å². The maximum absolute atomic E-state index is 11.2. The van der Waals surface area contributed by atoms with Crippen LogP contribution >= 0.6 is 0 Å². The van der Waals surface area contributed by atoms with Gasteiger partial charge in [0.05, 0.1) is 0 Å². The molecule has 1 aromatic rings. The first-order valence-electron chi connectivity index (χ1n) is 5.40. The summed E-state index contributed by atoms with van der Waals surface area (Å²) < 4.78 is 2.02. The Hall–Kier alpha value is -1.39. The number of aryl methyl sites for hydroxylation is 1. The minimum Gasteiger partial charge on any atom is -0.480 e. The predicted octanol–water partition coefficient (Wildman–Crippen LogP) is 0.731. The smallest absolute Gasteiger partial charge is 0.317 e. The number of hydrogen-bond acceptors (Lipinski definition) is 3. The van der Waals surface area contributed by atoms with E-state index in [-0.39, 0.29) is 0 Å². The molecule has 3 rings (SSSR count). The van der Waals surface area contributed by atoms with Crippen LogP contribution in [0.3, 0.4) is 0 Å². The lowest BCUT2D eigenvalue weighted by Crippen LogP contribution is -2.26. The van der Waals surface area contributed by atoms with Crippen molar-refractivity contribution in [3.63, 3.8) is 0 Å². The van der Waals surface area contributed by atoms with Gasteiger partial charge in [0.25, 0.3) is 0 Å². The van der Waals surface area contributed by atoms with Gasteiger partial charge in [-0.2, -0.15) is 0 Å². The Kier molecular flexibility index (Phi) is 1.66. The van der Waals surface area contributed by atoms with Crippen molar-refractivity contribution in [3.05, 3.63) is 11.6 Å². The molecular weight excluding hydrogens is 194 g/mol. The van der Waals surface area contributed by atoms with Gasteiger partial charge >= 0.3 is 5.97 Å². The Bertz CT molecular complexity index is 420. The van der Waals surface area contributed by atoms with E-state index >= 15 is 0 Å². The third-order valence-electron chi connectivity index (χ3n) is 3.45. The van der Waals surface area contributed by atoms with Gasteiger partial charge in [-0.1, -0.05) is 0 Å². The molecule has 80 valence electrons. The topological polar surface area (TPSA) is 68.0 Å². The minimum absolute atomic E-state index is 0.685. The molecule has 2 aliphatic rings. The fraction of sp³-hybridized carbons (Fsp3) is 0.700. The van der Waals surface area contributed by atoms with Crippen LogP contribution in [-0.4, -0.2) is 25.8 Å². The Morgan fingerprint density at radius 2 is 2.13 bits per heavy atom. The third kappa shape index (κ3) is 1.12. The van der Waals surface area contributed by atoms with Gasteiger partial charge < -0.3 is 9.67 Å². The molecule has 0 aromatic carbocycles. The van der Waals surface area contributed by atoms with Gasteiger partial charge in [0.1, 0.15) is 11.2 Å². The summed E-state index contributed by atoms with van der Waals surface area (Å²) in [7, 11) is 0. The fourth-order valence-corrected chi connectivity index (χ4v) is 2.32. The molecule has 0 atom stereocenters. The first-order chi connectivity index (χ1) is 7.24. The number of fused-ring (bicyclic) bond motifs is 1. The Morgan fingerprint density at radius 1 is 1.33 bits per heavy atom. The van der Waals surface area contributed by atoms with Crippen LogP contribution in [0.2, 0.25) is 0 Å². The molecule has 0 unspecified atom stereocenters. The largest absolute Gasteiger partial charge is 0.480 e.